The van der Waals surface area contributed by atoms with Crippen LogP contribution in [0.2, 0.25) is 0 Å². The molecule has 0 aliphatic heterocycles. The summed E-state index contributed by atoms with van der Waals surface area (Å²) in [5, 5.41) is 17.4. The van der Waals surface area contributed by atoms with Gasteiger partial charge in [-0.1, -0.05) is 6.92 Å². The van der Waals surface area contributed by atoms with Crippen molar-refractivity contribution in [2.75, 3.05) is 12.4 Å². The van der Waals surface area contributed by atoms with Crippen molar-refractivity contribution in [3.05, 3.63) is 29.3 Å². The molecule has 0 saturated heterocycles. The van der Waals surface area contributed by atoms with Crippen molar-refractivity contribution in [2.45, 2.75) is 11.8 Å². The summed E-state index contributed by atoms with van der Waals surface area (Å²) in [4.78, 5) is 10.3. The first-order chi connectivity index (χ1) is 7.95. The fourth-order valence-corrected chi connectivity index (χ4v) is 2.05. The number of rotatable bonds is 5. The number of aliphatic hydroxyl groups is 1. The molecular formula is C11H12F2O3S. The van der Waals surface area contributed by atoms with Gasteiger partial charge in [-0.15, -0.1) is 11.8 Å². The summed E-state index contributed by atoms with van der Waals surface area (Å²) in [6.45, 7) is 1.68. The van der Waals surface area contributed by atoms with Gasteiger partial charge in [-0.2, -0.15) is 0 Å². The van der Waals surface area contributed by atoms with Crippen molar-refractivity contribution in [1.29, 1.82) is 0 Å². The van der Waals surface area contributed by atoms with Crippen LogP contribution in [0.1, 0.15) is 17.3 Å². The average molecular weight is 262 g/mol. The van der Waals surface area contributed by atoms with Crippen LogP contribution in [0.3, 0.4) is 0 Å². The molecule has 0 aliphatic carbocycles. The molecule has 0 fully saturated rings. The molecule has 1 atom stereocenters. The van der Waals surface area contributed by atoms with E-state index in [2.05, 4.69) is 0 Å². The van der Waals surface area contributed by atoms with Crippen LogP contribution >= 0.6 is 11.8 Å². The quantitative estimate of drug-likeness (QED) is 0.800. The third-order valence-electron chi connectivity index (χ3n) is 2.07. The lowest BCUT2D eigenvalue weighted by Crippen LogP contribution is -2.05. The second kappa shape index (κ2) is 5.97. The number of halogens is 2. The Kier molecular flexibility index (Phi) is 4.89. The van der Waals surface area contributed by atoms with Crippen LogP contribution in [0.4, 0.5) is 8.78 Å². The minimum atomic E-state index is -1.37. The van der Waals surface area contributed by atoms with Crippen molar-refractivity contribution in [1.82, 2.24) is 0 Å². The summed E-state index contributed by atoms with van der Waals surface area (Å²) in [6, 6.07) is 1.58. The summed E-state index contributed by atoms with van der Waals surface area (Å²) < 4.78 is 26.9. The Labute approximate surface area is 101 Å². The fourth-order valence-electron chi connectivity index (χ4n) is 1.10. The zero-order chi connectivity index (χ0) is 13.0. The number of aromatic carboxylic acids is 1. The van der Waals surface area contributed by atoms with E-state index in [-0.39, 0.29) is 17.4 Å². The Morgan fingerprint density at radius 2 is 1.94 bits per heavy atom. The van der Waals surface area contributed by atoms with E-state index in [1.54, 1.807) is 6.92 Å². The lowest BCUT2D eigenvalue weighted by Gasteiger charge is -2.09. The highest BCUT2D eigenvalue weighted by molar-refractivity contribution is 7.99. The van der Waals surface area contributed by atoms with Crippen LogP contribution in [-0.2, 0) is 0 Å². The Bertz CT molecular complexity index is 400. The highest BCUT2D eigenvalue weighted by Crippen LogP contribution is 2.27. The third-order valence-corrected chi connectivity index (χ3v) is 3.48. The summed E-state index contributed by atoms with van der Waals surface area (Å²) in [6.07, 6.45) is 0. The Balaban J connectivity index is 2.90. The molecule has 1 aromatic carbocycles. The summed E-state index contributed by atoms with van der Waals surface area (Å²) in [5.74, 6) is -2.88. The highest BCUT2D eigenvalue weighted by Gasteiger charge is 2.15. The predicted molar refractivity (Wildman–Crippen MR) is 60.3 cm³/mol. The molecule has 2 N–H and O–H groups in total. The van der Waals surface area contributed by atoms with E-state index in [0.29, 0.717) is 5.75 Å². The first kappa shape index (κ1) is 13.9. The molecule has 3 nitrogen and oxygen atoms in total. The molecule has 0 aliphatic rings. The fraction of sp³-hybridized carbons (Fsp3) is 0.364. The second-order valence-corrected chi connectivity index (χ2v) is 4.70. The van der Waals surface area contributed by atoms with Crippen LogP contribution in [0, 0.1) is 17.6 Å². The summed E-state index contributed by atoms with van der Waals surface area (Å²) in [5.41, 5.74) is -0.417. The molecular weight excluding hydrogens is 250 g/mol. The maximum atomic E-state index is 13.4. The van der Waals surface area contributed by atoms with Crippen molar-refractivity contribution in [3.8, 4) is 0 Å². The zero-order valence-electron chi connectivity index (χ0n) is 9.11. The van der Waals surface area contributed by atoms with Gasteiger partial charge in [0, 0.05) is 12.4 Å². The number of benzene rings is 1. The van der Waals surface area contributed by atoms with Crippen molar-refractivity contribution in [3.63, 3.8) is 0 Å². The van der Waals surface area contributed by atoms with Gasteiger partial charge in [0.2, 0.25) is 0 Å². The number of aliphatic hydroxyl groups excluding tert-OH is 1. The van der Waals surface area contributed by atoms with Gasteiger partial charge in [0.1, 0.15) is 11.6 Å². The number of carbonyl (C=O) groups is 1. The van der Waals surface area contributed by atoms with Crippen LogP contribution in [0.15, 0.2) is 17.0 Å². The van der Waals surface area contributed by atoms with E-state index in [9.17, 15) is 13.6 Å². The molecule has 6 heteroatoms. The van der Waals surface area contributed by atoms with Crippen LogP contribution < -0.4 is 0 Å². The standard InChI is InChI=1S/C11H12F2O3S/c1-6(4-14)5-17-10-8(12)2-7(11(15)16)3-9(10)13/h2-3,6,14H,4-5H2,1H3,(H,15,16). The van der Waals surface area contributed by atoms with Gasteiger partial charge in [-0.05, 0) is 18.1 Å². The number of carboxylic acid groups (broad SMARTS) is 1. The second-order valence-electron chi connectivity index (χ2n) is 3.67. The largest absolute Gasteiger partial charge is 0.478 e. The van der Waals surface area contributed by atoms with Gasteiger partial charge >= 0.3 is 5.97 Å². The Hall–Kier alpha value is -1.14. The molecule has 0 heterocycles. The van der Waals surface area contributed by atoms with Gasteiger partial charge < -0.3 is 10.2 Å². The molecule has 1 rings (SSSR count). The molecule has 0 radical (unpaired) electrons. The number of carboxylic acids is 1. The van der Waals surface area contributed by atoms with Crippen LogP contribution in [-0.4, -0.2) is 28.5 Å². The molecule has 0 bridgehead atoms. The SMILES string of the molecule is CC(CO)CSc1c(F)cc(C(=O)O)cc1F. The molecule has 0 aromatic heterocycles. The number of hydrogen-bond acceptors (Lipinski definition) is 3. The minimum Gasteiger partial charge on any atom is -0.478 e. The summed E-state index contributed by atoms with van der Waals surface area (Å²) in [7, 11) is 0. The molecule has 1 unspecified atom stereocenters. The topological polar surface area (TPSA) is 57.5 Å². The number of thioether (sulfide) groups is 1. The van der Waals surface area contributed by atoms with Crippen LogP contribution in [0.5, 0.6) is 0 Å². The zero-order valence-corrected chi connectivity index (χ0v) is 9.93. The van der Waals surface area contributed by atoms with E-state index in [4.69, 9.17) is 10.2 Å². The maximum absolute atomic E-state index is 13.4. The average Bonchev–Trinajstić information content (AvgIpc) is 2.27. The van der Waals surface area contributed by atoms with E-state index in [0.717, 1.165) is 23.9 Å². The van der Waals surface area contributed by atoms with Crippen molar-refractivity contribution in [2.24, 2.45) is 5.92 Å². The Morgan fingerprint density at radius 1 is 1.41 bits per heavy atom. The van der Waals surface area contributed by atoms with E-state index < -0.39 is 23.2 Å². The highest BCUT2D eigenvalue weighted by atomic mass is 32.2. The lowest BCUT2D eigenvalue weighted by atomic mass is 10.2. The number of hydrogen-bond donors (Lipinski definition) is 2. The maximum Gasteiger partial charge on any atom is 0.335 e. The van der Waals surface area contributed by atoms with Crippen LogP contribution in [0.25, 0.3) is 0 Å². The van der Waals surface area contributed by atoms with Crippen molar-refractivity contribution >= 4 is 17.7 Å². The summed E-state index contributed by atoms with van der Waals surface area (Å²) >= 11 is 0.924. The monoisotopic (exact) mass is 262 g/mol. The van der Waals surface area contributed by atoms with Gasteiger partial charge in [0.05, 0.1) is 10.5 Å². The van der Waals surface area contributed by atoms with Gasteiger partial charge in [-0.3, -0.25) is 0 Å². The normalized spacial score (nSPS) is 12.5. The van der Waals surface area contributed by atoms with Gasteiger partial charge in [0.25, 0.3) is 0 Å². The molecule has 0 amide bonds. The minimum absolute atomic E-state index is 0.0660. The molecule has 94 valence electrons. The molecule has 0 spiro atoms. The smallest absolute Gasteiger partial charge is 0.335 e. The Morgan fingerprint density at radius 3 is 2.35 bits per heavy atom. The molecule has 1 aromatic rings. The molecule has 17 heavy (non-hydrogen) atoms. The van der Waals surface area contributed by atoms with E-state index in [1.807, 2.05) is 0 Å². The van der Waals surface area contributed by atoms with E-state index >= 15 is 0 Å². The van der Waals surface area contributed by atoms with E-state index in [1.165, 1.54) is 0 Å². The van der Waals surface area contributed by atoms with Crippen molar-refractivity contribution < 1.29 is 23.8 Å². The van der Waals surface area contributed by atoms with Gasteiger partial charge in [0.15, 0.2) is 0 Å². The first-order valence-electron chi connectivity index (χ1n) is 4.91. The third kappa shape index (κ3) is 3.67. The lowest BCUT2D eigenvalue weighted by molar-refractivity contribution is 0.0695. The first-order valence-corrected chi connectivity index (χ1v) is 5.90. The van der Waals surface area contributed by atoms with Gasteiger partial charge in [-0.25, -0.2) is 13.6 Å². The molecule has 0 saturated carbocycles. The predicted octanol–water partition coefficient (Wildman–Crippen LogP) is 2.38.